The van der Waals surface area contributed by atoms with E-state index < -0.39 is 15.8 Å². The molecule has 2 aromatic carbocycles. The van der Waals surface area contributed by atoms with E-state index in [0.717, 1.165) is 18.6 Å². The van der Waals surface area contributed by atoms with Crippen molar-refractivity contribution in [3.05, 3.63) is 52.8 Å². The summed E-state index contributed by atoms with van der Waals surface area (Å²) in [5, 5.41) is -0.253. The van der Waals surface area contributed by atoms with Crippen molar-refractivity contribution in [3.8, 4) is 11.5 Å². The first-order chi connectivity index (χ1) is 15.3. The minimum atomic E-state index is -3.84. The number of ether oxygens (including phenoxy) is 2. The summed E-state index contributed by atoms with van der Waals surface area (Å²) >= 11 is 5.74. The van der Waals surface area contributed by atoms with E-state index in [0.29, 0.717) is 30.3 Å². The van der Waals surface area contributed by atoms with Crippen LogP contribution in [0.3, 0.4) is 0 Å². The summed E-state index contributed by atoms with van der Waals surface area (Å²) in [5.74, 6) is 0.189. The van der Waals surface area contributed by atoms with Crippen LogP contribution < -0.4 is 9.47 Å². The number of benzene rings is 2. The van der Waals surface area contributed by atoms with Gasteiger partial charge in [0.1, 0.15) is 5.82 Å². The van der Waals surface area contributed by atoms with Crippen molar-refractivity contribution in [1.82, 2.24) is 9.21 Å². The van der Waals surface area contributed by atoms with Gasteiger partial charge in [0.05, 0.1) is 23.1 Å². The van der Waals surface area contributed by atoms with E-state index in [4.69, 9.17) is 21.1 Å². The van der Waals surface area contributed by atoms with Crippen LogP contribution in [-0.4, -0.2) is 62.9 Å². The van der Waals surface area contributed by atoms with E-state index in [1.54, 1.807) is 23.1 Å². The minimum absolute atomic E-state index is 0.0762. The number of piperazine rings is 1. The van der Waals surface area contributed by atoms with Crippen molar-refractivity contribution < 1.29 is 27.1 Å². The van der Waals surface area contributed by atoms with Crippen molar-refractivity contribution in [2.75, 3.05) is 39.4 Å². The number of sulfonamides is 1. The molecule has 1 amide bonds. The van der Waals surface area contributed by atoms with Gasteiger partial charge in [0.15, 0.2) is 11.5 Å². The average Bonchev–Trinajstić information content (AvgIpc) is 2.79. The maximum absolute atomic E-state index is 13.4. The second-order valence-electron chi connectivity index (χ2n) is 7.22. The van der Waals surface area contributed by atoms with Gasteiger partial charge in [-0.3, -0.25) is 4.79 Å². The SMILES string of the molecule is CCCOc1ccc(C(=O)N2CCN(S(=O)(=O)c3ccc(F)c(Cl)c3)CC2)cc1OCC. The number of rotatable bonds is 8. The van der Waals surface area contributed by atoms with Gasteiger partial charge in [-0.25, -0.2) is 12.8 Å². The Balaban J connectivity index is 1.70. The zero-order valence-corrected chi connectivity index (χ0v) is 19.6. The van der Waals surface area contributed by atoms with Crippen molar-refractivity contribution >= 4 is 27.5 Å². The number of hydrogen-bond donors (Lipinski definition) is 0. The molecule has 0 bridgehead atoms. The second-order valence-corrected chi connectivity index (χ2v) is 9.56. The number of nitrogens with zero attached hydrogens (tertiary/aromatic N) is 2. The molecule has 32 heavy (non-hydrogen) atoms. The lowest BCUT2D eigenvalue weighted by atomic mass is 10.1. The van der Waals surface area contributed by atoms with Crippen LogP contribution in [0, 0.1) is 5.82 Å². The Labute approximate surface area is 192 Å². The summed E-state index contributed by atoms with van der Waals surface area (Å²) in [6.45, 7) is 5.54. The molecule has 1 saturated heterocycles. The molecule has 1 aliphatic heterocycles. The number of carbonyl (C=O) groups excluding carboxylic acids is 1. The zero-order chi connectivity index (χ0) is 23.3. The number of hydrogen-bond acceptors (Lipinski definition) is 5. The van der Waals surface area contributed by atoms with Crippen LogP contribution in [0.4, 0.5) is 4.39 Å². The molecule has 3 rings (SSSR count). The van der Waals surface area contributed by atoms with Crippen LogP contribution in [-0.2, 0) is 10.0 Å². The molecule has 1 heterocycles. The summed E-state index contributed by atoms with van der Waals surface area (Å²) < 4.78 is 51.7. The van der Waals surface area contributed by atoms with Crippen molar-refractivity contribution in [3.63, 3.8) is 0 Å². The first-order valence-corrected chi connectivity index (χ1v) is 12.2. The molecule has 10 heteroatoms. The normalized spacial score (nSPS) is 14.9. The van der Waals surface area contributed by atoms with Gasteiger partial charge in [0, 0.05) is 31.7 Å². The van der Waals surface area contributed by atoms with Crippen molar-refractivity contribution in [1.29, 1.82) is 0 Å². The summed E-state index contributed by atoms with van der Waals surface area (Å²) in [6, 6.07) is 8.36. The maximum atomic E-state index is 13.4. The third-order valence-corrected chi connectivity index (χ3v) is 7.19. The number of amides is 1. The van der Waals surface area contributed by atoms with Gasteiger partial charge in [0.2, 0.25) is 10.0 Å². The van der Waals surface area contributed by atoms with E-state index in [-0.39, 0.29) is 42.0 Å². The molecule has 0 aromatic heterocycles. The molecule has 2 aromatic rings. The maximum Gasteiger partial charge on any atom is 0.254 e. The van der Waals surface area contributed by atoms with Gasteiger partial charge in [-0.15, -0.1) is 0 Å². The van der Waals surface area contributed by atoms with Crippen molar-refractivity contribution in [2.24, 2.45) is 0 Å². The lowest BCUT2D eigenvalue weighted by molar-refractivity contribution is 0.0697. The van der Waals surface area contributed by atoms with Crippen LogP contribution in [0.15, 0.2) is 41.3 Å². The van der Waals surface area contributed by atoms with Crippen LogP contribution in [0.5, 0.6) is 11.5 Å². The minimum Gasteiger partial charge on any atom is -0.490 e. The van der Waals surface area contributed by atoms with Crippen LogP contribution in [0.1, 0.15) is 30.6 Å². The predicted molar refractivity (Wildman–Crippen MR) is 119 cm³/mol. The predicted octanol–water partition coefficient (Wildman–Crippen LogP) is 3.81. The summed E-state index contributed by atoms with van der Waals surface area (Å²) in [5.41, 5.74) is 0.443. The first kappa shape index (κ1) is 24.3. The fourth-order valence-corrected chi connectivity index (χ4v) is 5.04. The first-order valence-electron chi connectivity index (χ1n) is 10.4. The Morgan fingerprint density at radius 1 is 1.03 bits per heavy atom. The lowest BCUT2D eigenvalue weighted by Crippen LogP contribution is -2.50. The zero-order valence-electron chi connectivity index (χ0n) is 18.0. The van der Waals surface area contributed by atoms with Crippen LogP contribution in [0.25, 0.3) is 0 Å². The number of carbonyl (C=O) groups is 1. The molecule has 0 radical (unpaired) electrons. The quantitative estimate of drug-likeness (QED) is 0.569. The lowest BCUT2D eigenvalue weighted by Gasteiger charge is -2.34. The van der Waals surface area contributed by atoms with Gasteiger partial charge in [-0.1, -0.05) is 18.5 Å². The molecule has 7 nitrogen and oxygen atoms in total. The van der Waals surface area contributed by atoms with Gasteiger partial charge >= 0.3 is 0 Å². The monoisotopic (exact) mass is 484 g/mol. The molecule has 1 fully saturated rings. The highest BCUT2D eigenvalue weighted by Crippen LogP contribution is 2.30. The molecule has 1 aliphatic rings. The molecule has 0 unspecified atom stereocenters. The summed E-state index contributed by atoms with van der Waals surface area (Å²) in [4.78, 5) is 14.5. The Hall–Kier alpha value is -2.36. The Kier molecular flexibility index (Phi) is 7.97. The van der Waals surface area contributed by atoms with Gasteiger partial charge < -0.3 is 14.4 Å². The molecule has 0 atom stereocenters. The molecule has 0 spiro atoms. The molecule has 174 valence electrons. The third kappa shape index (κ3) is 5.33. The highest BCUT2D eigenvalue weighted by atomic mass is 35.5. The van der Waals surface area contributed by atoms with E-state index in [1.165, 1.54) is 10.4 Å². The van der Waals surface area contributed by atoms with Gasteiger partial charge in [-0.05, 0) is 49.7 Å². The Morgan fingerprint density at radius 3 is 2.38 bits per heavy atom. The smallest absolute Gasteiger partial charge is 0.254 e. The Morgan fingerprint density at radius 2 is 1.75 bits per heavy atom. The summed E-state index contributed by atoms with van der Waals surface area (Å²) in [7, 11) is -3.84. The van der Waals surface area contributed by atoms with E-state index >= 15 is 0 Å². The molecule has 0 saturated carbocycles. The topological polar surface area (TPSA) is 76.2 Å². The second kappa shape index (κ2) is 10.5. The van der Waals surface area contributed by atoms with E-state index in [1.807, 2.05) is 13.8 Å². The highest BCUT2D eigenvalue weighted by Gasteiger charge is 2.31. The fraction of sp³-hybridized carbons (Fsp3) is 0.409. The fourth-order valence-electron chi connectivity index (χ4n) is 3.34. The summed E-state index contributed by atoms with van der Waals surface area (Å²) in [6.07, 6.45) is 0.851. The van der Waals surface area contributed by atoms with E-state index in [2.05, 4.69) is 0 Å². The third-order valence-electron chi connectivity index (χ3n) is 5.01. The average molecular weight is 485 g/mol. The van der Waals surface area contributed by atoms with Crippen molar-refractivity contribution in [2.45, 2.75) is 25.2 Å². The molecule has 0 aliphatic carbocycles. The van der Waals surface area contributed by atoms with Crippen LogP contribution in [0.2, 0.25) is 5.02 Å². The Bertz CT molecular complexity index is 1070. The largest absolute Gasteiger partial charge is 0.490 e. The van der Waals surface area contributed by atoms with Gasteiger partial charge in [-0.2, -0.15) is 4.31 Å². The standard InChI is InChI=1S/C22H26ClFN2O5S/c1-3-13-31-20-8-5-16(14-21(20)30-4-2)22(27)25-9-11-26(12-10-25)32(28,29)17-6-7-19(24)18(23)15-17/h5-8,14-15H,3-4,9-13H2,1-2H3. The molecule has 0 N–H and O–H groups in total. The highest BCUT2D eigenvalue weighted by molar-refractivity contribution is 7.89. The van der Waals surface area contributed by atoms with E-state index in [9.17, 15) is 17.6 Å². The van der Waals surface area contributed by atoms with Crippen LogP contribution >= 0.6 is 11.6 Å². The molecular formula is C22H26ClFN2O5S. The number of halogens is 2. The van der Waals surface area contributed by atoms with Gasteiger partial charge in [0.25, 0.3) is 5.91 Å². The molecular weight excluding hydrogens is 459 g/mol.